The second-order valence-corrected chi connectivity index (χ2v) is 11.8. The van der Waals surface area contributed by atoms with E-state index >= 15 is 0 Å². The van der Waals surface area contributed by atoms with Gasteiger partial charge in [-0.25, -0.2) is 9.97 Å². The van der Waals surface area contributed by atoms with E-state index in [2.05, 4.69) is 84.9 Å². The number of amides is 1. The molecule has 2 aromatic carbocycles. The third-order valence-electron chi connectivity index (χ3n) is 8.55. The zero-order valence-corrected chi connectivity index (χ0v) is 24.5. The van der Waals surface area contributed by atoms with Crippen LogP contribution in [0.4, 0.5) is 11.5 Å². The quantitative estimate of drug-likeness (QED) is 0.377. The van der Waals surface area contributed by atoms with Crippen molar-refractivity contribution in [3.05, 3.63) is 64.5 Å². The minimum Gasteiger partial charge on any atom is -0.366 e. The fourth-order valence-corrected chi connectivity index (χ4v) is 6.31. The molecule has 8 nitrogen and oxygen atoms in total. The number of piperazine rings is 1. The fraction of sp³-hybridized carbons (Fsp3) is 0.438. The van der Waals surface area contributed by atoms with Crippen LogP contribution in [0.15, 0.2) is 36.5 Å². The van der Waals surface area contributed by atoms with Gasteiger partial charge < -0.3 is 14.7 Å². The SMILES string of the molecule is CC(=O)N1CCN(c2nc(-c3cc(C)cc4[nH]ncc34)nc3c2CN(c2cc(C(C)C)ccc2C)CC3)C[C@H]1C. The number of nitrogens with zero attached hydrogens (tertiary/aromatic N) is 6. The summed E-state index contributed by atoms with van der Waals surface area (Å²) in [6.07, 6.45) is 2.72. The molecule has 0 bridgehead atoms. The Morgan fingerprint density at radius 3 is 2.62 bits per heavy atom. The van der Waals surface area contributed by atoms with Crippen LogP contribution in [0, 0.1) is 13.8 Å². The Balaban J connectivity index is 1.45. The lowest BCUT2D eigenvalue weighted by molar-refractivity contribution is -0.131. The molecule has 4 heterocycles. The monoisotopic (exact) mass is 537 g/mol. The van der Waals surface area contributed by atoms with Gasteiger partial charge in [-0.2, -0.15) is 5.10 Å². The molecule has 6 rings (SSSR count). The molecule has 1 amide bonds. The van der Waals surface area contributed by atoms with Crippen LogP contribution in [0.25, 0.3) is 22.3 Å². The van der Waals surface area contributed by atoms with Gasteiger partial charge in [0.2, 0.25) is 5.91 Å². The zero-order chi connectivity index (χ0) is 28.1. The van der Waals surface area contributed by atoms with Crippen LogP contribution in [0.3, 0.4) is 0 Å². The average Bonchev–Trinajstić information content (AvgIpc) is 3.40. The van der Waals surface area contributed by atoms with Crippen molar-refractivity contribution in [2.45, 2.75) is 66.5 Å². The second kappa shape index (κ2) is 10.2. The van der Waals surface area contributed by atoms with E-state index < -0.39 is 0 Å². The number of hydrogen-bond acceptors (Lipinski definition) is 6. The van der Waals surface area contributed by atoms with Crippen molar-refractivity contribution in [2.75, 3.05) is 36.0 Å². The molecule has 1 N–H and O–H groups in total. The number of benzene rings is 2. The normalized spacial score (nSPS) is 17.6. The van der Waals surface area contributed by atoms with Crippen LogP contribution in [-0.2, 0) is 17.8 Å². The Bertz CT molecular complexity index is 1590. The number of carbonyl (C=O) groups is 1. The number of hydrogen-bond donors (Lipinski definition) is 1. The van der Waals surface area contributed by atoms with Crippen molar-refractivity contribution in [2.24, 2.45) is 0 Å². The number of aryl methyl sites for hydroxylation is 2. The number of H-pyrrole nitrogens is 1. The summed E-state index contributed by atoms with van der Waals surface area (Å²) in [6.45, 7) is 16.5. The molecule has 208 valence electrons. The first-order valence-corrected chi connectivity index (χ1v) is 14.4. The number of carbonyl (C=O) groups excluding carboxylic acids is 1. The van der Waals surface area contributed by atoms with Gasteiger partial charge in [0.15, 0.2) is 5.82 Å². The van der Waals surface area contributed by atoms with Gasteiger partial charge in [-0.3, -0.25) is 9.89 Å². The van der Waals surface area contributed by atoms with Gasteiger partial charge >= 0.3 is 0 Å². The van der Waals surface area contributed by atoms with E-state index in [0.717, 1.165) is 72.0 Å². The maximum Gasteiger partial charge on any atom is 0.219 e. The van der Waals surface area contributed by atoms with Gasteiger partial charge in [-0.05, 0) is 61.6 Å². The Hall–Kier alpha value is -3.94. The van der Waals surface area contributed by atoms with E-state index in [9.17, 15) is 4.79 Å². The topological polar surface area (TPSA) is 81.2 Å². The minimum atomic E-state index is 0.115. The molecule has 40 heavy (non-hydrogen) atoms. The third-order valence-corrected chi connectivity index (χ3v) is 8.55. The van der Waals surface area contributed by atoms with Gasteiger partial charge in [-0.15, -0.1) is 0 Å². The fourth-order valence-electron chi connectivity index (χ4n) is 6.31. The van der Waals surface area contributed by atoms with Crippen molar-refractivity contribution in [1.29, 1.82) is 0 Å². The summed E-state index contributed by atoms with van der Waals surface area (Å²) < 4.78 is 0. The van der Waals surface area contributed by atoms with Gasteiger partial charge in [0.05, 0.1) is 17.4 Å². The second-order valence-electron chi connectivity index (χ2n) is 11.8. The number of fused-ring (bicyclic) bond motifs is 2. The Kier molecular flexibility index (Phi) is 6.72. The minimum absolute atomic E-state index is 0.115. The summed E-state index contributed by atoms with van der Waals surface area (Å²) in [4.78, 5) is 29.6. The highest BCUT2D eigenvalue weighted by atomic mass is 16.2. The molecule has 0 spiro atoms. The van der Waals surface area contributed by atoms with E-state index in [1.54, 1.807) is 6.92 Å². The molecule has 0 radical (unpaired) electrons. The number of aromatic amines is 1. The largest absolute Gasteiger partial charge is 0.366 e. The molecule has 0 saturated carbocycles. The lowest BCUT2D eigenvalue weighted by Crippen LogP contribution is -2.54. The highest BCUT2D eigenvalue weighted by Crippen LogP contribution is 2.36. The first kappa shape index (κ1) is 26.3. The Labute approximate surface area is 236 Å². The summed E-state index contributed by atoms with van der Waals surface area (Å²) in [6, 6.07) is 11.2. The average molecular weight is 538 g/mol. The van der Waals surface area contributed by atoms with Crippen LogP contribution >= 0.6 is 0 Å². The highest BCUT2D eigenvalue weighted by molar-refractivity contribution is 5.93. The molecule has 2 aliphatic rings. The van der Waals surface area contributed by atoms with Crippen molar-refractivity contribution in [3.63, 3.8) is 0 Å². The molecule has 1 saturated heterocycles. The van der Waals surface area contributed by atoms with Crippen molar-refractivity contribution >= 4 is 28.3 Å². The lowest BCUT2D eigenvalue weighted by Gasteiger charge is -2.42. The lowest BCUT2D eigenvalue weighted by atomic mass is 9.98. The summed E-state index contributed by atoms with van der Waals surface area (Å²) in [7, 11) is 0. The molecule has 0 unspecified atom stereocenters. The molecule has 1 fully saturated rings. The highest BCUT2D eigenvalue weighted by Gasteiger charge is 2.31. The van der Waals surface area contributed by atoms with Gasteiger partial charge in [0.1, 0.15) is 5.82 Å². The van der Waals surface area contributed by atoms with E-state index in [1.165, 1.54) is 22.4 Å². The smallest absolute Gasteiger partial charge is 0.219 e. The molecule has 2 aliphatic heterocycles. The summed E-state index contributed by atoms with van der Waals surface area (Å²) in [5.74, 6) is 2.35. The molecule has 2 aromatic heterocycles. The van der Waals surface area contributed by atoms with Crippen LogP contribution in [0.5, 0.6) is 0 Å². The molecule has 0 aliphatic carbocycles. The van der Waals surface area contributed by atoms with Crippen LogP contribution in [-0.4, -0.2) is 63.2 Å². The van der Waals surface area contributed by atoms with Crippen LogP contribution in [0.1, 0.15) is 61.6 Å². The molecular formula is C32H39N7O. The Morgan fingerprint density at radius 1 is 1.05 bits per heavy atom. The van der Waals surface area contributed by atoms with E-state index in [-0.39, 0.29) is 11.9 Å². The zero-order valence-electron chi connectivity index (χ0n) is 24.5. The Morgan fingerprint density at radius 2 is 1.88 bits per heavy atom. The van der Waals surface area contributed by atoms with Crippen molar-refractivity contribution in [3.8, 4) is 11.4 Å². The van der Waals surface area contributed by atoms with Crippen LogP contribution in [0.2, 0.25) is 0 Å². The van der Waals surface area contributed by atoms with Crippen molar-refractivity contribution < 1.29 is 4.79 Å². The summed E-state index contributed by atoms with van der Waals surface area (Å²) >= 11 is 0. The van der Waals surface area contributed by atoms with E-state index in [1.807, 2.05) is 11.1 Å². The maximum absolute atomic E-state index is 12.2. The molecule has 8 heteroatoms. The first-order chi connectivity index (χ1) is 19.2. The van der Waals surface area contributed by atoms with Gasteiger partial charge in [-0.1, -0.05) is 26.0 Å². The standard InChI is InChI=1S/C32H39N7O/c1-19(2)24-8-7-21(4)30(15-24)37-10-9-28-27(18-37)32(38-11-12-39(23(6)40)22(5)17-38)35-31(34-28)25-13-20(3)14-29-26(25)16-33-36-29/h7-8,13-16,19,22H,9-12,17-18H2,1-6H3,(H,33,36)/t22-/m1/s1. The summed E-state index contributed by atoms with van der Waals surface area (Å²) in [5, 5.41) is 8.44. The molecule has 4 aromatic rings. The third kappa shape index (κ3) is 4.69. The number of anilines is 2. The van der Waals surface area contributed by atoms with Crippen LogP contribution < -0.4 is 9.80 Å². The molecule has 1 atom stereocenters. The predicted octanol–water partition coefficient (Wildman–Crippen LogP) is 5.38. The van der Waals surface area contributed by atoms with E-state index in [4.69, 9.17) is 9.97 Å². The molecular weight excluding hydrogens is 498 g/mol. The van der Waals surface area contributed by atoms with Crippen molar-refractivity contribution in [1.82, 2.24) is 25.1 Å². The number of nitrogens with one attached hydrogen (secondary N) is 1. The summed E-state index contributed by atoms with van der Waals surface area (Å²) in [5.41, 5.74) is 9.40. The number of rotatable bonds is 4. The first-order valence-electron chi connectivity index (χ1n) is 14.4. The number of aromatic nitrogens is 4. The van der Waals surface area contributed by atoms with Gasteiger partial charge in [0, 0.05) is 74.3 Å². The predicted molar refractivity (Wildman–Crippen MR) is 161 cm³/mol. The maximum atomic E-state index is 12.2. The van der Waals surface area contributed by atoms with Gasteiger partial charge in [0.25, 0.3) is 0 Å². The van der Waals surface area contributed by atoms with E-state index in [0.29, 0.717) is 12.5 Å².